The predicted octanol–water partition coefficient (Wildman–Crippen LogP) is 1.45. The summed E-state index contributed by atoms with van der Waals surface area (Å²) in [6.45, 7) is 4.14. The third kappa shape index (κ3) is 5.93. The van der Waals surface area contributed by atoms with E-state index in [-0.39, 0.29) is 24.6 Å². The molecule has 0 fully saturated rings. The fourth-order valence-corrected chi connectivity index (χ4v) is 4.15. The molecule has 13 heteroatoms. The van der Waals surface area contributed by atoms with Crippen LogP contribution in [0.15, 0.2) is 12.7 Å². The van der Waals surface area contributed by atoms with E-state index in [2.05, 4.69) is 15.0 Å². The van der Waals surface area contributed by atoms with Gasteiger partial charge in [0.1, 0.15) is 17.9 Å². The van der Waals surface area contributed by atoms with Crippen LogP contribution in [-0.2, 0) is 13.8 Å². The first kappa shape index (κ1) is 24.1. The maximum atomic E-state index is 12.1. The van der Waals surface area contributed by atoms with Gasteiger partial charge in [-0.15, -0.1) is 0 Å². The molecule has 2 aromatic rings. The molecule has 0 bridgehead atoms. The Kier molecular flexibility index (Phi) is 8.11. The minimum Gasteiger partial charge on any atom is -0.394 e. The fraction of sp³-hybridized carbons (Fsp3) is 0.688. The third-order valence-corrected chi connectivity index (χ3v) is 6.37. The minimum absolute atomic E-state index is 0.00453. The van der Waals surface area contributed by atoms with Gasteiger partial charge in [-0.25, -0.2) is 15.0 Å². The van der Waals surface area contributed by atoms with E-state index < -0.39 is 38.0 Å². The van der Waals surface area contributed by atoms with Gasteiger partial charge in [-0.2, -0.15) is 0 Å². The number of imidazole rings is 1. The highest BCUT2D eigenvalue weighted by Gasteiger charge is 2.36. The Balaban J connectivity index is 2.12. The Labute approximate surface area is 172 Å². The Bertz CT molecular complexity index is 865. The molecule has 4 atom stereocenters. The number of nitrogens with zero attached hydrogens (tertiary/aromatic N) is 4. The van der Waals surface area contributed by atoms with Crippen molar-refractivity contribution in [1.82, 2.24) is 19.5 Å². The molecular formula is C16H26ClN4O7P. The number of hydrogen-bond donors (Lipinski definition) is 4. The van der Waals surface area contributed by atoms with E-state index in [9.17, 15) is 24.8 Å². The lowest BCUT2D eigenvalue weighted by Crippen LogP contribution is -2.32. The highest BCUT2D eigenvalue weighted by Crippen LogP contribution is 2.51. The van der Waals surface area contributed by atoms with E-state index in [4.69, 9.17) is 20.9 Å². The number of rotatable bonds is 11. The average molecular weight is 453 g/mol. The van der Waals surface area contributed by atoms with Crippen molar-refractivity contribution in [2.45, 2.75) is 57.4 Å². The molecule has 0 saturated heterocycles. The molecule has 2 heterocycles. The Morgan fingerprint density at radius 1 is 1.31 bits per heavy atom. The Morgan fingerprint density at radius 3 is 2.62 bits per heavy atom. The van der Waals surface area contributed by atoms with Crippen molar-refractivity contribution >= 4 is 30.4 Å². The van der Waals surface area contributed by atoms with Crippen LogP contribution in [0.2, 0.25) is 5.15 Å². The van der Waals surface area contributed by atoms with Crippen LogP contribution in [0.1, 0.15) is 39.8 Å². The molecule has 164 valence electrons. The Morgan fingerprint density at radius 2 is 2.00 bits per heavy atom. The second-order valence-electron chi connectivity index (χ2n) is 7.05. The molecule has 0 radical (unpaired) electrons. The number of aliphatic hydroxyl groups is 3. The second kappa shape index (κ2) is 9.76. The van der Waals surface area contributed by atoms with Crippen molar-refractivity contribution in [2.75, 3.05) is 13.2 Å². The van der Waals surface area contributed by atoms with Gasteiger partial charge in [0.25, 0.3) is 0 Å². The zero-order valence-corrected chi connectivity index (χ0v) is 18.0. The maximum Gasteiger partial charge on any atom is 0.356 e. The van der Waals surface area contributed by atoms with Crippen LogP contribution in [0.4, 0.5) is 0 Å². The Hall–Kier alpha value is -1.17. The molecule has 4 N–H and O–H groups in total. The van der Waals surface area contributed by atoms with Gasteiger partial charge in [-0.1, -0.05) is 18.5 Å². The van der Waals surface area contributed by atoms with Crippen molar-refractivity contribution in [2.24, 2.45) is 0 Å². The highest BCUT2D eigenvalue weighted by molar-refractivity contribution is 7.53. The van der Waals surface area contributed by atoms with Crippen LogP contribution in [0.5, 0.6) is 0 Å². The summed E-state index contributed by atoms with van der Waals surface area (Å²) >= 11 is 5.98. The molecule has 0 aliphatic rings. The molecule has 0 amide bonds. The van der Waals surface area contributed by atoms with Crippen LogP contribution in [0.25, 0.3) is 11.2 Å². The smallest absolute Gasteiger partial charge is 0.356 e. The normalized spacial score (nSPS) is 17.8. The lowest BCUT2D eigenvalue weighted by atomic mass is 10.1. The van der Waals surface area contributed by atoms with E-state index in [1.807, 2.05) is 0 Å². The van der Waals surface area contributed by atoms with Crippen LogP contribution in [0, 0.1) is 0 Å². The van der Waals surface area contributed by atoms with Crippen LogP contribution < -0.4 is 0 Å². The first-order valence-corrected chi connectivity index (χ1v) is 11.0. The summed E-state index contributed by atoms with van der Waals surface area (Å²) < 4.78 is 24.5. The van der Waals surface area contributed by atoms with Crippen LogP contribution in [-0.4, -0.2) is 70.5 Å². The SMILES string of the molecule is CCC(O)P(=O)(O)OC(C)(C)CCO[C@H]([C@H](O)CO)n1cnc2c(Cl)ncnc21. The van der Waals surface area contributed by atoms with Crippen molar-refractivity contribution in [3.8, 4) is 0 Å². The van der Waals surface area contributed by atoms with Crippen molar-refractivity contribution in [3.05, 3.63) is 17.8 Å². The molecule has 0 spiro atoms. The largest absolute Gasteiger partial charge is 0.394 e. The molecule has 2 aromatic heterocycles. The topological polar surface area (TPSA) is 160 Å². The second-order valence-corrected chi connectivity index (χ2v) is 9.32. The van der Waals surface area contributed by atoms with Gasteiger partial charge >= 0.3 is 7.60 Å². The zero-order valence-electron chi connectivity index (χ0n) is 16.3. The van der Waals surface area contributed by atoms with Crippen LogP contribution in [0.3, 0.4) is 0 Å². The number of hydrogen-bond acceptors (Lipinski definition) is 9. The van der Waals surface area contributed by atoms with Crippen molar-refractivity contribution in [3.63, 3.8) is 0 Å². The third-order valence-electron chi connectivity index (χ3n) is 4.22. The highest BCUT2D eigenvalue weighted by atomic mass is 35.5. The summed E-state index contributed by atoms with van der Waals surface area (Å²) in [5.74, 6) is -1.48. The quantitative estimate of drug-likeness (QED) is 0.290. The van der Waals surface area contributed by atoms with Crippen molar-refractivity contribution < 1.29 is 34.0 Å². The van der Waals surface area contributed by atoms with Gasteiger partial charge in [0.15, 0.2) is 22.9 Å². The van der Waals surface area contributed by atoms with E-state index in [1.54, 1.807) is 20.8 Å². The van der Waals surface area contributed by atoms with Gasteiger partial charge in [0, 0.05) is 0 Å². The lowest BCUT2D eigenvalue weighted by Gasteiger charge is -2.31. The number of ether oxygens (including phenoxy) is 1. The number of fused-ring (bicyclic) bond motifs is 1. The minimum atomic E-state index is -4.22. The predicted molar refractivity (Wildman–Crippen MR) is 104 cm³/mol. The van der Waals surface area contributed by atoms with E-state index in [0.29, 0.717) is 11.2 Å². The van der Waals surface area contributed by atoms with E-state index in [1.165, 1.54) is 17.2 Å². The van der Waals surface area contributed by atoms with Crippen LogP contribution >= 0.6 is 19.2 Å². The summed E-state index contributed by atoms with van der Waals surface area (Å²) in [4.78, 5) is 21.9. The molecule has 0 aliphatic carbocycles. The summed E-state index contributed by atoms with van der Waals surface area (Å²) in [7, 11) is -4.22. The summed E-state index contributed by atoms with van der Waals surface area (Å²) in [6.07, 6.45) is 0.481. The summed E-state index contributed by atoms with van der Waals surface area (Å²) in [6, 6.07) is 0. The zero-order chi connectivity index (χ0) is 21.8. The first-order chi connectivity index (χ1) is 13.5. The van der Waals surface area contributed by atoms with E-state index >= 15 is 0 Å². The van der Waals surface area contributed by atoms with Gasteiger partial charge in [0.2, 0.25) is 0 Å². The van der Waals surface area contributed by atoms with E-state index in [0.717, 1.165) is 0 Å². The molecule has 2 unspecified atom stereocenters. The molecular weight excluding hydrogens is 427 g/mol. The first-order valence-electron chi connectivity index (χ1n) is 8.97. The molecule has 0 aliphatic heterocycles. The lowest BCUT2D eigenvalue weighted by molar-refractivity contribution is -0.105. The summed E-state index contributed by atoms with van der Waals surface area (Å²) in [5, 5.41) is 29.4. The monoisotopic (exact) mass is 452 g/mol. The fourth-order valence-electron chi connectivity index (χ4n) is 2.59. The standard InChI is InChI=1S/C16H26ClN4O7P/c1-4-11(24)29(25,26)28-16(2,3)5-6-27-15(10(23)7-22)21-9-20-12-13(17)18-8-19-14(12)21/h8-11,15,22-24H,4-7H2,1-3H3,(H,25,26)/t10-,11?,15-/m1/s1. The molecule has 0 saturated carbocycles. The number of aliphatic hydroxyl groups excluding tert-OH is 3. The van der Waals surface area contributed by atoms with Gasteiger partial charge in [-0.05, 0) is 26.7 Å². The maximum absolute atomic E-state index is 12.1. The molecule has 29 heavy (non-hydrogen) atoms. The number of aromatic nitrogens is 4. The average Bonchev–Trinajstić information content (AvgIpc) is 3.08. The van der Waals surface area contributed by atoms with Gasteiger partial charge in [-0.3, -0.25) is 9.13 Å². The van der Waals surface area contributed by atoms with Gasteiger partial charge in [0.05, 0.1) is 25.1 Å². The molecule has 11 nitrogen and oxygen atoms in total. The summed E-state index contributed by atoms with van der Waals surface area (Å²) in [5.41, 5.74) is -0.479. The van der Waals surface area contributed by atoms with Gasteiger partial charge < -0.3 is 29.5 Å². The number of halogens is 1. The molecule has 0 aromatic carbocycles. The molecule has 2 rings (SSSR count). The van der Waals surface area contributed by atoms with Crippen molar-refractivity contribution in [1.29, 1.82) is 0 Å².